The van der Waals surface area contributed by atoms with Crippen LogP contribution in [0.15, 0.2) is 48.5 Å². The van der Waals surface area contributed by atoms with E-state index < -0.39 is 11.7 Å². The summed E-state index contributed by atoms with van der Waals surface area (Å²) in [7, 11) is 0. The number of piperidine rings is 1. The Hall–Kier alpha value is -1.92. The average molecular weight is 445 g/mol. The van der Waals surface area contributed by atoms with E-state index in [2.05, 4.69) is 36.5 Å². The number of aliphatic hydroxyl groups excluding tert-OH is 1. The van der Waals surface area contributed by atoms with Crippen LogP contribution in [0.4, 0.5) is 0 Å². The van der Waals surface area contributed by atoms with Crippen molar-refractivity contribution >= 4 is 17.5 Å². The molecule has 31 heavy (non-hydrogen) atoms. The van der Waals surface area contributed by atoms with Crippen LogP contribution in [0, 0.1) is 0 Å². The van der Waals surface area contributed by atoms with Gasteiger partial charge in [0.05, 0.1) is 19.1 Å². The number of nitrogens with one attached hydrogen (secondary N) is 1. The molecule has 1 aliphatic rings. The summed E-state index contributed by atoms with van der Waals surface area (Å²) in [5.74, 6) is -0.0599. The Morgan fingerprint density at radius 1 is 1.13 bits per heavy atom. The van der Waals surface area contributed by atoms with E-state index in [4.69, 9.17) is 11.6 Å². The lowest BCUT2D eigenvalue weighted by Gasteiger charge is -2.43. The number of halogens is 1. The molecule has 168 valence electrons. The quantitative estimate of drug-likeness (QED) is 0.554. The monoisotopic (exact) mass is 444 g/mol. The number of carbonyl (C=O) groups excluding carboxylic acids is 1. The number of likely N-dealkylation sites (tertiary alicyclic amines) is 1. The minimum absolute atomic E-state index is 0.0599. The third-order valence-electron chi connectivity index (χ3n) is 5.98. The zero-order chi connectivity index (χ0) is 22.3. The Morgan fingerprint density at radius 3 is 2.45 bits per heavy atom. The van der Waals surface area contributed by atoms with Gasteiger partial charge in [-0.15, -0.1) is 0 Å². The molecular weight excluding hydrogens is 412 g/mol. The molecule has 1 fully saturated rings. The van der Waals surface area contributed by atoms with Crippen molar-refractivity contribution in [3.05, 3.63) is 70.2 Å². The molecule has 3 rings (SSSR count). The first-order valence-electron chi connectivity index (χ1n) is 11.1. The molecule has 2 aromatic rings. The molecule has 1 amide bonds. The van der Waals surface area contributed by atoms with Gasteiger partial charge in [0.1, 0.15) is 5.60 Å². The van der Waals surface area contributed by atoms with Crippen LogP contribution >= 0.6 is 11.6 Å². The fourth-order valence-corrected chi connectivity index (χ4v) is 4.09. The SMILES string of the molecule is CCCCc1ccc(CNC[C@]2(O)CN(C(=O)Cc3ccc(Cl)cc3)CC[C@H]2O)cc1. The Balaban J connectivity index is 1.52. The van der Waals surface area contributed by atoms with Crippen LogP contribution < -0.4 is 5.32 Å². The van der Waals surface area contributed by atoms with E-state index >= 15 is 0 Å². The summed E-state index contributed by atoms with van der Waals surface area (Å²) in [6.45, 7) is 3.56. The number of nitrogens with zero attached hydrogens (tertiary/aromatic N) is 1. The number of carbonyl (C=O) groups is 1. The molecule has 1 saturated heterocycles. The second-order valence-electron chi connectivity index (χ2n) is 8.55. The molecule has 2 aromatic carbocycles. The molecule has 6 heteroatoms. The second-order valence-corrected chi connectivity index (χ2v) is 8.99. The van der Waals surface area contributed by atoms with Crippen LogP contribution in [-0.4, -0.2) is 52.4 Å². The molecular formula is C25H33ClN2O3. The number of aryl methyl sites for hydroxylation is 1. The van der Waals surface area contributed by atoms with Gasteiger partial charge in [-0.2, -0.15) is 0 Å². The number of benzene rings is 2. The third kappa shape index (κ3) is 6.78. The van der Waals surface area contributed by atoms with Gasteiger partial charge in [0.2, 0.25) is 5.91 Å². The lowest BCUT2D eigenvalue weighted by atomic mass is 9.89. The lowest BCUT2D eigenvalue weighted by molar-refractivity contribution is -0.150. The van der Waals surface area contributed by atoms with Crippen molar-refractivity contribution in [2.24, 2.45) is 0 Å². The van der Waals surface area contributed by atoms with Crippen LogP contribution in [0.25, 0.3) is 0 Å². The largest absolute Gasteiger partial charge is 0.390 e. The topological polar surface area (TPSA) is 72.8 Å². The zero-order valence-electron chi connectivity index (χ0n) is 18.2. The van der Waals surface area contributed by atoms with Crippen molar-refractivity contribution in [1.29, 1.82) is 0 Å². The van der Waals surface area contributed by atoms with Gasteiger partial charge in [-0.3, -0.25) is 4.79 Å². The summed E-state index contributed by atoms with van der Waals surface area (Å²) < 4.78 is 0. The molecule has 1 aliphatic heterocycles. The lowest BCUT2D eigenvalue weighted by Crippen LogP contribution is -2.62. The van der Waals surface area contributed by atoms with Crippen LogP contribution in [0.5, 0.6) is 0 Å². The van der Waals surface area contributed by atoms with Crippen LogP contribution in [0.1, 0.15) is 42.9 Å². The number of amides is 1. The normalized spacial score (nSPS) is 21.3. The summed E-state index contributed by atoms with van der Waals surface area (Å²) in [5, 5.41) is 25.4. The zero-order valence-corrected chi connectivity index (χ0v) is 18.9. The van der Waals surface area contributed by atoms with Crippen molar-refractivity contribution in [3.63, 3.8) is 0 Å². The van der Waals surface area contributed by atoms with Gasteiger partial charge in [-0.05, 0) is 48.1 Å². The first-order chi connectivity index (χ1) is 14.9. The highest BCUT2D eigenvalue weighted by atomic mass is 35.5. The fourth-order valence-electron chi connectivity index (χ4n) is 3.96. The summed E-state index contributed by atoms with van der Waals surface area (Å²) >= 11 is 5.91. The minimum atomic E-state index is -1.37. The number of hydrogen-bond donors (Lipinski definition) is 3. The van der Waals surface area contributed by atoms with Gasteiger partial charge >= 0.3 is 0 Å². The van der Waals surface area contributed by atoms with E-state index in [0.717, 1.165) is 17.5 Å². The van der Waals surface area contributed by atoms with Gasteiger partial charge < -0.3 is 20.4 Å². The molecule has 2 atom stereocenters. The molecule has 3 N–H and O–H groups in total. The maximum atomic E-state index is 12.7. The highest BCUT2D eigenvalue weighted by Crippen LogP contribution is 2.23. The molecule has 0 saturated carbocycles. The van der Waals surface area contributed by atoms with Gasteiger partial charge in [0, 0.05) is 24.7 Å². The Kier molecular flexibility index (Phi) is 8.50. The smallest absolute Gasteiger partial charge is 0.227 e. The van der Waals surface area contributed by atoms with Crippen molar-refractivity contribution < 1.29 is 15.0 Å². The summed E-state index contributed by atoms with van der Waals surface area (Å²) in [5.41, 5.74) is 1.98. The standard InChI is InChI=1S/C25H33ClN2O3/c1-2-3-4-19-5-7-21(8-6-19)16-27-17-25(31)18-28(14-13-23(25)29)24(30)15-20-9-11-22(26)12-10-20/h5-12,23,27,29,31H,2-4,13-18H2,1H3/t23-,25+/m1/s1. The van der Waals surface area contributed by atoms with Gasteiger partial charge in [-0.1, -0.05) is 61.3 Å². The van der Waals surface area contributed by atoms with E-state index in [1.54, 1.807) is 17.0 Å². The molecule has 1 heterocycles. The predicted octanol–water partition coefficient (Wildman–Crippen LogP) is 3.34. The van der Waals surface area contributed by atoms with Gasteiger partial charge in [0.25, 0.3) is 0 Å². The van der Waals surface area contributed by atoms with Crippen LogP contribution in [-0.2, 0) is 24.2 Å². The van der Waals surface area contributed by atoms with Crippen molar-refractivity contribution in [3.8, 4) is 0 Å². The maximum absolute atomic E-state index is 12.7. The molecule has 0 aliphatic carbocycles. The number of aliphatic hydroxyl groups is 2. The molecule has 0 radical (unpaired) electrons. The maximum Gasteiger partial charge on any atom is 0.227 e. The molecule has 0 aromatic heterocycles. The Bertz CT molecular complexity index is 841. The summed E-state index contributed by atoms with van der Waals surface area (Å²) in [4.78, 5) is 14.4. The molecule has 0 unspecified atom stereocenters. The first-order valence-corrected chi connectivity index (χ1v) is 11.5. The first kappa shape index (κ1) is 23.7. The number of hydrogen-bond acceptors (Lipinski definition) is 4. The number of β-amino-alcohol motifs (C(OH)–C–C–N with tert-alkyl or cyclic N) is 1. The summed E-state index contributed by atoms with van der Waals surface area (Å²) in [6, 6.07) is 15.7. The van der Waals surface area contributed by atoms with Gasteiger partial charge in [0.15, 0.2) is 0 Å². The molecule has 0 spiro atoms. The molecule has 5 nitrogen and oxygen atoms in total. The number of unbranched alkanes of at least 4 members (excludes halogenated alkanes) is 1. The van der Waals surface area contributed by atoms with Crippen molar-refractivity contribution in [1.82, 2.24) is 10.2 Å². The van der Waals surface area contributed by atoms with Crippen LogP contribution in [0.3, 0.4) is 0 Å². The van der Waals surface area contributed by atoms with E-state index in [-0.39, 0.29) is 25.4 Å². The van der Waals surface area contributed by atoms with E-state index in [1.807, 2.05) is 12.1 Å². The predicted molar refractivity (Wildman–Crippen MR) is 124 cm³/mol. The van der Waals surface area contributed by atoms with Crippen molar-refractivity contribution in [2.45, 2.75) is 57.3 Å². The van der Waals surface area contributed by atoms with Crippen LogP contribution in [0.2, 0.25) is 5.02 Å². The Labute approximate surface area is 190 Å². The molecule has 0 bridgehead atoms. The van der Waals surface area contributed by atoms with E-state index in [9.17, 15) is 15.0 Å². The third-order valence-corrected chi connectivity index (χ3v) is 6.23. The Morgan fingerprint density at radius 2 is 1.77 bits per heavy atom. The van der Waals surface area contributed by atoms with E-state index in [0.29, 0.717) is 24.5 Å². The minimum Gasteiger partial charge on any atom is -0.390 e. The summed E-state index contributed by atoms with van der Waals surface area (Å²) in [6.07, 6.45) is 3.21. The fraction of sp³-hybridized carbons (Fsp3) is 0.480. The second kappa shape index (κ2) is 11.1. The highest BCUT2D eigenvalue weighted by molar-refractivity contribution is 6.30. The average Bonchev–Trinajstić information content (AvgIpc) is 2.77. The van der Waals surface area contributed by atoms with Crippen molar-refractivity contribution in [2.75, 3.05) is 19.6 Å². The van der Waals surface area contributed by atoms with E-state index in [1.165, 1.54) is 18.4 Å². The number of rotatable bonds is 9. The van der Waals surface area contributed by atoms with Gasteiger partial charge in [-0.25, -0.2) is 0 Å². The highest BCUT2D eigenvalue weighted by Gasteiger charge is 2.42.